The third-order valence-electron chi connectivity index (χ3n) is 7.38. The maximum absolute atomic E-state index is 15.2. The van der Waals surface area contributed by atoms with Crippen LogP contribution in [0.1, 0.15) is 87.1 Å². The number of benzene rings is 3. The van der Waals surface area contributed by atoms with E-state index < -0.39 is 23.4 Å². The first-order valence-corrected chi connectivity index (χ1v) is 14.3. The monoisotopic (exact) mass is 554 g/mol. The Morgan fingerprint density at radius 1 is 0.800 bits per heavy atom. The molecule has 0 spiro atoms. The van der Waals surface area contributed by atoms with Gasteiger partial charge >= 0.3 is 5.97 Å². The molecule has 0 amide bonds. The average molecular weight is 555 g/mol. The molecule has 1 saturated carbocycles. The standard InChI is InChI=1S/C33H37F3O4/c1-3-5-19-38-24-11-7-22(8-12-24)27-17-18-28(32(36)31(27)35)23-9-13-25(14-10-23)40-33(37)29-16-15-26(21-30(29)34)39-20-6-4-2/h9-10,13-18,21-22,24H,3-8,11-12,19-20H2,1-2H3. The maximum Gasteiger partial charge on any atom is 0.346 e. The number of esters is 1. The van der Waals surface area contributed by atoms with Crippen molar-refractivity contribution in [2.75, 3.05) is 13.2 Å². The van der Waals surface area contributed by atoms with Crippen LogP contribution in [0.5, 0.6) is 11.5 Å². The van der Waals surface area contributed by atoms with Gasteiger partial charge in [0.2, 0.25) is 0 Å². The highest BCUT2D eigenvalue weighted by Gasteiger charge is 2.27. The zero-order valence-corrected chi connectivity index (χ0v) is 23.2. The number of ether oxygens (including phenoxy) is 3. The molecule has 0 heterocycles. The van der Waals surface area contributed by atoms with E-state index in [1.807, 2.05) is 6.92 Å². The molecule has 0 aliphatic heterocycles. The summed E-state index contributed by atoms with van der Waals surface area (Å²) in [6.45, 7) is 5.37. The van der Waals surface area contributed by atoms with Gasteiger partial charge in [-0.1, -0.05) is 51.0 Å². The van der Waals surface area contributed by atoms with Crippen molar-refractivity contribution >= 4 is 5.97 Å². The second kappa shape index (κ2) is 14.4. The first-order valence-electron chi connectivity index (χ1n) is 14.3. The first kappa shape index (κ1) is 29.7. The summed E-state index contributed by atoms with van der Waals surface area (Å²) in [6.07, 6.45) is 7.34. The smallest absolute Gasteiger partial charge is 0.346 e. The van der Waals surface area contributed by atoms with Crippen molar-refractivity contribution in [2.24, 2.45) is 0 Å². The number of carbonyl (C=O) groups excluding carboxylic acids is 1. The van der Waals surface area contributed by atoms with Gasteiger partial charge in [0.05, 0.1) is 18.3 Å². The third-order valence-corrected chi connectivity index (χ3v) is 7.38. The van der Waals surface area contributed by atoms with E-state index in [0.29, 0.717) is 23.5 Å². The third kappa shape index (κ3) is 7.45. The number of unbranched alkanes of at least 4 members (excludes halogenated alkanes) is 2. The van der Waals surface area contributed by atoms with Gasteiger partial charge in [-0.25, -0.2) is 18.0 Å². The largest absolute Gasteiger partial charge is 0.493 e. The lowest BCUT2D eigenvalue weighted by Crippen LogP contribution is -2.22. The van der Waals surface area contributed by atoms with Crippen molar-refractivity contribution in [1.82, 2.24) is 0 Å². The van der Waals surface area contributed by atoms with E-state index in [1.165, 1.54) is 24.3 Å². The highest BCUT2D eigenvalue weighted by atomic mass is 19.2. The molecule has 4 rings (SSSR count). The second-order valence-corrected chi connectivity index (χ2v) is 10.3. The van der Waals surface area contributed by atoms with Crippen LogP contribution in [0.4, 0.5) is 13.2 Å². The predicted octanol–water partition coefficient (Wildman–Crippen LogP) is 9.01. The molecule has 3 aromatic rings. The Hall–Kier alpha value is -3.32. The molecule has 0 atom stereocenters. The molecule has 214 valence electrons. The predicted molar refractivity (Wildman–Crippen MR) is 149 cm³/mol. The molecule has 4 nitrogen and oxygen atoms in total. The van der Waals surface area contributed by atoms with Gasteiger partial charge in [-0.05, 0) is 79.8 Å². The molecule has 0 saturated heterocycles. The fourth-order valence-corrected chi connectivity index (χ4v) is 4.99. The maximum atomic E-state index is 15.2. The average Bonchev–Trinajstić information content (AvgIpc) is 2.96. The molecule has 0 aromatic heterocycles. The minimum atomic E-state index is -0.896. The van der Waals surface area contributed by atoms with Crippen LogP contribution >= 0.6 is 0 Å². The molecule has 0 N–H and O–H groups in total. The highest BCUT2D eigenvalue weighted by Crippen LogP contribution is 2.38. The summed E-state index contributed by atoms with van der Waals surface area (Å²) in [7, 11) is 0. The minimum absolute atomic E-state index is 0.0336. The number of rotatable bonds is 12. The quantitative estimate of drug-likeness (QED) is 0.127. The fraction of sp³-hybridized carbons (Fsp3) is 0.424. The molecule has 0 radical (unpaired) electrons. The van der Waals surface area contributed by atoms with Gasteiger partial charge in [-0.3, -0.25) is 0 Å². The van der Waals surface area contributed by atoms with Crippen LogP contribution in [0.2, 0.25) is 0 Å². The zero-order valence-electron chi connectivity index (χ0n) is 23.2. The van der Waals surface area contributed by atoms with Crippen LogP contribution in [0.25, 0.3) is 11.1 Å². The van der Waals surface area contributed by atoms with Crippen LogP contribution < -0.4 is 9.47 Å². The summed E-state index contributed by atoms with van der Waals surface area (Å²) in [5, 5.41) is 0. The molecule has 0 bridgehead atoms. The summed E-state index contributed by atoms with van der Waals surface area (Å²) in [5.74, 6) is -2.85. The van der Waals surface area contributed by atoms with Crippen LogP contribution in [-0.4, -0.2) is 25.3 Å². The van der Waals surface area contributed by atoms with Crippen LogP contribution in [0.3, 0.4) is 0 Å². The number of halogens is 3. The molecule has 1 aliphatic rings. The van der Waals surface area contributed by atoms with Crippen LogP contribution in [-0.2, 0) is 4.74 Å². The van der Waals surface area contributed by atoms with Crippen LogP contribution in [0.15, 0.2) is 54.6 Å². The number of carbonyl (C=O) groups is 1. The van der Waals surface area contributed by atoms with E-state index in [4.69, 9.17) is 14.2 Å². The summed E-state index contributed by atoms with van der Waals surface area (Å²) >= 11 is 0. The van der Waals surface area contributed by atoms with E-state index in [1.54, 1.807) is 24.3 Å². The fourth-order valence-electron chi connectivity index (χ4n) is 4.99. The number of hydrogen-bond acceptors (Lipinski definition) is 4. The van der Waals surface area contributed by atoms with E-state index in [0.717, 1.165) is 64.0 Å². The second-order valence-electron chi connectivity index (χ2n) is 10.3. The Kier molecular flexibility index (Phi) is 10.6. The van der Waals surface area contributed by atoms with Gasteiger partial charge in [-0.2, -0.15) is 0 Å². The van der Waals surface area contributed by atoms with E-state index in [-0.39, 0.29) is 28.9 Å². The van der Waals surface area contributed by atoms with E-state index in [2.05, 4.69) is 6.92 Å². The Labute approximate surface area is 234 Å². The van der Waals surface area contributed by atoms with Crippen LogP contribution in [0, 0.1) is 17.5 Å². The molecule has 3 aromatic carbocycles. The van der Waals surface area contributed by atoms with Crippen molar-refractivity contribution in [2.45, 2.75) is 77.2 Å². The van der Waals surface area contributed by atoms with Gasteiger partial charge in [0.25, 0.3) is 0 Å². The van der Waals surface area contributed by atoms with Gasteiger partial charge in [0.1, 0.15) is 17.3 Å². The van der Waals surface area contributed by atoms with Crippen molar-refractivity contribution in [3.8, 4) is 22.6 Å². The van der Waals surface area contributed by atoms with Crippen molar-refractivity contribution in [1.29, 1.82) is 0 Å². The van der Waals surface area contributed by atoms with Crippen molar-refractivity contribution in [3.63, 3.8) is 0 Å². The van der Waals surface area contributed by atoms with Crippen molar-refractivity contribution in [3.05, 3.63) is 83.2 Å². The summed E-state index contributed by atoms with van der Waals surface area (Å²) < 4.78 is 61.4. The Bertz CT molecular complexity index is 1270. The Morgan fingerprint density at radius 2 is 1.48 bits per heavy atom. The van der Waals surface area contributed by atoms with Gasteiger partial charge < -0.3 is 14.2 Å². The molecule has 1 fully saturated rings. The summed E-state index contributed by atoms with van der Waals surface area (Å²) in [5.41, 5.74) is 0.746. The Morgan fingerprint density at radius 3 is 2.15 bits per heavy atom. The zero-order chi connectivity index (χ0) is 28.5. The van der Waals surface area contributed by atoms with Crippen molar-refractivity contribution < 1.29 is 32.2 Å². The normalized spacial score (nSPS) is 17.0. The first-order chi connectivity index (χ1) is 19.4. The molecular weight excluding hydrogens is 517 g/mol. The summed E-state index contributed by atoms with van der Waals surface area (Å²) in [6, 6.07) is 13.3. The van der Waals surface area contributed by atoms with E-state index >= 15 is 8.78 Å². The molecular formula is C33H37F3O4. The lowest BCUT2D eigenvalue weighted by molar-refractivity contribution is 0.0230. The van der Waals surface area contributed by atoms with E-state index in [9.17, 15) is 9.18 Å². The highest BCUT2D eigenvalue weighted by molar-refractivity contribution is 5.91. The van der Waals surface area contributed by atoms with Gasteiger partial charge in [0.15, 0.2) is 11.6 Å². The lowest BCUT2D eigenvalue weighted by atomic mass is 9.82. The molecule has 1 aliphatic carbocycles. The van der Waals surface area contributed by atoms with Gasteiger partial charge in [-0.15, -0.1) is 0 Å². The topological polar surface area (TPSA) is 44.8 Å². The molecule has 40 heavy (non-hydrogen) atoms. The minimum Gasteiger partial charge on any atom is -0.493 e. The molecule has 0 unspecified atom stereocenters. The lowest BCUT2D eigenvalue weighted by Gasteiger charge is -2.29. The van der Waals surface area contributed by atoms with Gasteiger partial charge in [0, 0.05) is 18.2 Å². The number of hydrogen-bond donors (Lipinski definition) is 0. The SMILES string of the molecule is CCCCOc1ccc(C(=O)Oc2ccc(-c3ccc(C4CCC(OCCCC)CC4)c(F)c3F)cc2)c(F)c1. The Balaban J connectivity index is 1.38. The summed E-state index contributed by atoms with van der Waals surface area (Å²) in [4.78, 5) is 12.5. The molecule has 7 heteroatoms.